The number of carbonyl (C=O) groups is 3. The van der Waals surface area contributed by atoms with Crippen molar-refractivity contribution < 1.29 is 19.5 Å². The van der Waals surface area contributed by atoms with Gasteiger partial charge in [0.05, 0.1) is 12.5 Å². The average molecular weight is 396 g/mol. The lowest BCUT2D eigenvalue weighted by atomic mass is 10.1. The number of hydrogen-bond acceptors (Lipinski definition) is 4. The third-order valence-electron chi connectivity index (χ3n) is 4.85. The molecule has 152 valence electrons. The van der Waals surface area contributed by atoms with Crippen molar-refractivity contribution in [3.8, 4) is 0 Å². The first-order valence-electron chi connectivity index (χ1n) is 9.38. The van der Waals surface area contributed by atoms with Crippen LogP contribution in [0.1, 0.15) is 12.0 Å². The van der Waals surface area contributed by atoms with Gasteiger partial charge in [0.1, 0.15) is 0 Å². The van der Waals surface area contributed by atoms with Crippen molar-refractivity contribution in [1.82, 2.24) is 4.90 Å². The number of carboxylic acids is 1. The number of nitrogens with zero attached hydrogens (tertiary/aromatic N) is 2. The summed E-state index contributed by atoms with van der Waals surface area (Å²) in [6.07, 6.45) is 0.451. The Hall–Kier alpha value is -3.55. The van der Waals surface area contributed by atoms with E-state index in [1.807, 2.05) is 41.3 Å². The van der Waals surface area contributed by atoms with E-state index in [1.165, 1.54) is 4.90 Å². The highest BCUT2D eigenvalue weighted by Gasteiger charge is 2.30. The molecule has 1 saturated heterocycles. The molecule has 1 aliphatic rings. The predicted octanol–water partition coefficient (Wildman–Crippen LogP) is 2.12. The summed E-state index contributed by atoms with van der Waals surface area (Å²) in [5.41, 5.74) is 7.76. The maximum Gasteiger partial charge on any atom is 0.321 e. The number of anilines is 2. The smallest absolute Gasteiger partial charge is 0.321 e. The Labute approximate surface area is 168 Å². The number of benzene rings is 2. The first-order valence-corrected chi connectivity index (χ1v) is 9.38. The van der Waals surface area contributed by atoms with Gasteiger partial charge in [0.15, 0.2) is 0 Å². The van der Waals surface area contributed by atoms with Crippen molar-refractivity contribution in [3.05, 3.63) is 60.2 Å². The van der Waals surface area contributed by atoms with Gasteiger partial charge in [0.25, 0.3) is 0 Å². The van der Waals surface area contributed by atoms with E-state index in [4.69, 9.17) is 10.8 Å². The summed E-state index contributed by atoms with van der Waals surface area (Å²) in [6, 6.07) is 16.5. The number of carboxylic acid groups (broad SMARTS) is 1. The normalized spacial score (nSPS) is 15.7. The summed E-state index contributed by atoms with van der Waals surface area (Å²) in [5.74, 6) is -1.86. The van der Waals surface area contributed by atoms with E-state index in [1.54, 1.807) is 18.2 Å². The molecular formula is C21H24N4O4. The first kappa shape index (κ1) is 20.2. The number of nitrogens with one attached hydrogen (secondary N) is 1. The molecule has 0 aromatic heterocycles. The van der Waals surface area contributed by atoms with Gasteiger partial charge >= 0.3 is 12.0 Å². The predicted molar refractivity (Wildman–Crippen MR) is 109 cm³/mol. The van der Waals surface area contributed by atoms with Crippen LogP contribution in [0.3, 0.4) is 0 Å². The average Bonchev–Trinajstić information content (AvgIpc) is 3.19. The molecule has 1 aliphatic heterocycles. The third-order valence-corrected chi connectivity index (χ3v) is 4.85. The van der Waals surface area contributed by atoms with E-state index in [9.17, 15) is 14.4 Å². The fraction of sp³-hybridized carbons (Fsp3) is 0.286. The highest BCUT2D eigenvalue weighted by atomic mass is 16.4. The molecular weight excluding hydrogens is 372 g/mol. The van der Waals surface area contributed by atoms with Crippen molar-refractivity contribution in [2.75, 3.05) is 29.9 Å². The molecule has 0 spiro atoms. The van der Waals surface area contributed by atoms with Gasteiger partial charge < -0.3 is 26.0 Å². The minimum absolute atomic E-state index is 0.0404. The number of amides is 3. The molecule has 3 rings (SSSR count). The Kier molecular flexibility index (Phi) is 6.33. The number of likely N-dealkylation sites (tertiary alicyclic amines) is 1. The second-order valence-corrected chi connectivity index (χ2v) is 7.06. The molecule has 29 heavy (non-hydrogen) atoms. The number of rotatable bonds is 7. The van der Waals surface area contributed by atoms with Crippen molar-refractivity contribution >= 4 is 29.3 Å². The second-order valence-electron chi connectivity index (χ2n) is 7.06. The lowest BCUT2D eigenvalue weighted by molar-refractivity contribution is -0.141. The Bertz CT molecular complexity index is 887. The maximum atomic E-state index is 12.5. The van der Waals surface area contributed by atoms with Gasteiger partial charge in [-0.1, -0.05) is 36.4 Å². The van der Waals surface area contributed by atoms with Crippen LogP contribution in [0.15, 0.2) is 54.6 Å². The Morgan fingerprint density at radius 1 is 1.14 bits per heavy atom. The fourth-order valence-electron chi connectivity index (χ4n) is 3.36. The number of nitrogens with two attached hydrogens (primary N) is 1. The molecule has 0 aliphatic carbocycles. The molecule has 8 heteroatoms. The summed E-state index contributed by atoms with van der Waals surface area (Å²) in [6.45, 7) is 1.14. The van der Waals surface area contributed by atoms with Crippen LogP contribution >= 0.6 is 0 Å². The van der Waals surface area contributed by atoms with Gasteiger partial charge in [0.2, 0.25) is 5.91 Å². The molecule has 2 aromatic carbocycles. The molecule has 0 bridgehead atoms. The van der Waals surface area contributed by atoms with Crippen LogP contribution < -0.4 is 16.0 Å². The molecule has 0 radical (unpaired) electrons. The van der Waals surface area contributed by atoms with Crippen molar-refractivity contribution in [3.63, 3.8) is 0 Å². The SMILES string of the molecule is NC(=O)CN(Cc1ccccc1)c1cccc(NC(=O)N2CCC(C(=O)O)C2)c1. The van der Waals surface area contributed by atoms with E-state index in [-0.39, 0.29) is 19.1 Å². The van der Waals surface area contributed by atoms with Crippen molar-refractivity contribution in [1.29, 1.82) is 0 Å². The van der Waals surface area contributed by atoms with Crippen LogP contribution in [-0.4, -0.2) is 47.5 Å². The second kappa shape index (κ2) is 9.09. The number of primary amides is 1. The summed E-state index contributed by atoms with van der Waals surface area (Å²) >= 11 is 0. The summed E-state index contributed by atoms with van der Waals surface area (Å²) in [4.78, 5) is 38.4. The molecule has 1 atom stereocenters. The Morgan fingerprint density at radius 2 is 1.90 bits per heavy atom. The molecule has 3 amide bonds. The monoisotopic (exact) mass is 396 g/mol. The zero-order valence-electron chi connectivity index (χ0n) is 16.0. The third kappa shape index (κ3) is 5.47. The quantitative estimate of drug-likeness (QED) is 0.663. The largest absolute Gasteiger partial charge is 0.481 e. The highest BCUT2D eigenvalue weighted by Crippen LogP contribution is 2.23. The number of aliphatic carboxylic acids is 1. The standard InChI is InChI=1S/C21H24N4O4/c22-19(26)14-25(12-15-5-2-1-3-6-15)18-8-4-7-17(11-18)23-21(29)24-10-9-16(13-24)20(27)28/h1-8,11,16H,9-10,12-14H2,(H2,22,26)(H,23,29)(H,27,28). The lowest BCUT2D eigenvalue weighted by Crippen LogP contribution is -2.34. The Morgan fingerprint density at radius 3 is 2.55 bits per heavy atom. The lowest BCUT2D eigenvalue weighted by Gasteiger charge is -2.24. The molecule has 2 aromatic rings. The highest BCUT2D eigenvalue weighted by molar-refractivity contribution is 5.91. The topological polar surface area (TPSA) is 116 Å². The van der Waals surface area contributed by atoms with Crippen LogP contribution in [0.5, 0.6) is 0 Å². The maximum absolute atomic E-state index is 12.5. The number of hydrogen-bond donors (Lipinski definition) is 3. The van der Waals surface area contributed by atoms with Crippen molar-refractivity contribution in [2.24, 2.45) is 11.7 Å². The van der Waals surface area contributed by atoms with Crippen LogP contribution in [0.4, 0.5) is 16.2 Å². The first-order chi connectivity index (χ1) is 13.9. The summed E-state index contributed by atoms with van der Waals surface area (Å²) in [7, 11) is 0. The fourth-order valence-corrected chi connectivity index (χ4v) is 3.36. The van der Waals surface area contributed by atoms with Crippen LogP contribution in [0, 0.1) is 5.92 Å². The van der Waals surface area contributed by atoms with E-state index in [0.717, 1.165) is 11.3 Å². The van der Waals surface area contributed by atoms with E-state index in [2.05, 4.69) is 5.32 Å². The Balaban J connectivity index is 1.71. The molecule has 0 saturated carbocycles. The van der Waals surface area contributed by atoms with Crippen LogP contribution in [-0.2, 0) is 16.1 Å². The minimum Gasteiger partial charge on any atom is -0.481 e. The minimum atomic E-state index is -0.884. The molecule has 1 unspecified atom stereocenters. The van der Waals surface area contributed by atoms with Gasteiger partial charge in [-0.05, 0) is 30.2 Å². The van der Waals surface area contributed by atoms with Crippen molar-refractivity contribution in [2.45, 2.75) is 13.0 Å². The van der Waals surface area contributed by atoms with Crippen LogP contribution in [0.2, 0.25) is 0 Å². The van der Waals surface area contributed by atoms with Gasteiger partial charge in [-0.3, -0.25) is 9.59 Å². The summed E-state index contributed by atoms with van der Waals surface area (Å²) < 4.78 is 0. The molecule has 1 fully saturated rings. The van der Waals surface area contributed by atoms with Gasteiger partial charge in [0, 0.05) is 31.0 Å². The summed E-state index contributed by atoms with van der Waals surface area (Å²) in [5, 5.41) is 11.9. The molecule has 4 N–H and O–H groups in total. The number of urea groups is 1. The van der Waals surface area contributed by atoms with E-state index < -0.39 is 17.8 Å². The number of carbonyl (C=O) groups excluding carboxylic acids is 2. The zero-order valence-corrected chi connectivity index (χ0v) is 16.0. The van der Waals surface area contributed by atoms with Gasteiger partial charge in [-0.25, -0.2) is 4.79 Å². The zero-order chi connectivity index (χ0) is 20.8. The molecule has 8 nitrogen and oxygen atoms in total. The van der Waals surface area contributed by atoms with E-state index in [0.29, 0.717) is 25.2 Å². The van der Waals surface area contributed by atoms with E-state index >= 15 is 0 Å². The van der Waals surface area contributed by atoms with Gasteiger partial charge in [-0.2, -0.15) is 0 Å². The van der Waals surface area contributed by atoms with Gasteiger partial charge in [-0.15, -0.1) is 0 Å². The molecule has 1 heterocycles. The van der Waals surface area contributed by atoms with Crippen LogP contribution in [0.25, 0.3) is 0 Å².